The van der Waals surface area contributed by atoms with Crippen molar-refractivity contribution in [1.82, 2.24) is 15.1 Å². The van der Waals surface area contributed by atoms with Crippen LogP contribution in [0.25, 0.3) is 0 Å². The van der Waals surface area contributed by atoms with E-state index in [4.69, 9.17) is 4.74 Å². The molecule has 0 bridgehead atoms. The quantitative estimate of drug-likeness (QED) is 0.811. The number of carbonyl (C=O) groups is 1. The average Bonchev–Trinajstić information content (AvgIpc) is 3.17. The standard InChI is InChI=1S/C21H33N3O2/c1-17-13-19(10-11-24(17)16-18-7-4-3-5-8-18)23(2)21(25)15-22-14-20-9-6-12-26-20/h3-5,7-8,17,19-20,22H,6,9-16H2,1-2H3/t17-,19-,20-/m1/s1. The van der Waals surface area contributed by atoms with Crippen LogP contribution in [0.4, 0.5) is 0 Å². The number of rotatable bonds is 7. The minimum atomic E-state index is 0.191. The number of likely N-dealkylation sites (tertiary alicyclic amines) is 1. The summed E-state index contributed by atoms with van der Waals surface area (Å²) in [6.45, 7) is 6.38. The second-order valence-electron chi connectivity index (χ2n) is 7.75. The molecular weight excluding hydrogens is 326 g/mol. The summed E-state index contributed by atoms with van der Waals surface area (Å²) in [6, 6.07) is 11.5. The van der Waals surface area contributed by atoms with Gasteiger partial charge in [0.1, 0.15) is 0 Å². The minimum absolute atomic E-state index is 0.191. The molecule has 0 saturated carbocycles. The molecule has 0 radical (unpaired) electrons. The van der Waals surface area contributed by atoms with Crippen LogP contribution in [0.3, 0.4) is 0 Å². The van der Waals surface area contributed by atoms with Crippen molar-refractivity contribution in [3.05, 3.63) is 35.9 Å². The molecule has 0 spiro atoms. The van der Waals surface area contributed by atoms with Gasteiger partial charge in [0.05, 0.1) is 12.6 Å². The van der Waals surface area contributed by atoms with Crippen LogP contribution in [0.15, 0.2) is 30.3 Å². The SMILES string of the molecule is C[C@@H]1C[C@H](N(C)C(=O)CNC[C@H]2CCCO2)CCN1Cc1ccccc1. The van der Waals surface area contributed by atoms with Gasteiger partial charge >= 0.3 is 0 Å². The van der Waals surface area contributed by atoms with Crippen molar-refractivity contribution in [1.29, 1.82) is 0 Å². The van der Waals surface area contributed by atoms with Gasteiger partial charge in [-0.25, -0.2) is 0 Å². The van der Waals surface area contributed by atoms with Gasteiger partial charge in [-0.3, -0.25) is 9.69 Å². The fraction of sp³-hybridized carbons (Fsp3) is 0.667. The Morgan fingerprint density at radius 1 is 1.31 bits per heavy atom. The Labute approximate surface area is 157 Å². The third kappa shape index (κ3) is 5.29. The normalized spacial score (nSPS) is 26.8. The highest BCUT2D eigenvalue weighted by atomic mass is 16.5. The molecule has 2 saturated heterocycles. The number of nitrogens with one attached hydrogen (secondary N) is 1. The van der Waals surface area contributed by atoms with Crippen molar-refractivity contribution in [2.45, 2.75) is 57.3 Å². The summed E-state index contributed by atoms with van der Waals surface area (Å²) < 4.78 is 5.59. The Balaban J connectivity index is 1.41. The zero-order chi connectivity index (χ0) is 18.4. The van der Waals surface area contributed by atoms with E-state index in [0.717, 1.165) is 51.9 Å². The predicted molar refractivity (Wildman–Crippen MR) is 104 cm³/mol. The lowest BCUT2D eigenvalue weighted by atomic mass is 9.96. The topological polar surface area (TPSA) is 44.8 Å². The molecule has 144 valence electrons. The third-order valence-electron chi connectivity index (χ3n) is 5.83. The van der Waals surface area contributed by atoms with Gasteiger partial charge in [0.25, 0.3) is 0 Å². The van der Waals surface area contributed by atoms with Crippen molar-refractivity contribution in [2.75, 3.05) is 33.3 Å². The number of hydrogen-bond acceptors (Lipinski definition) is 4. The lowest BCUT2D eigenvalue weighted by Gasteiger charge is -2.41. The van der Waals surface area contributed by atoms with Crippen LogP contribution in [-0.2, 0) is 16.1 Å². The van der Waals surface area contributed by atoms with Gasteiger partial charge in [0.2, 0.25) is 5.91 Å². The number of carbonyl (C=O) groups excluding carboxylic acids is 1. The number of benzene rings is 1. The lowest BCUT2D eigenvalue weighted by molar-refractivity contribution is -0.132. The van der Waals surface area contributed by atoms with Crippen LogP contribution < -0.4 is 5.32 Å². The molecule has 1 N–H and O–H groups in total. The van der Waals surface area contributed by atoms with E-state index < -0.39 is 0 Å². The second kappa shape index (κ2) is 9.49. The molecule has 2 heterocycles. The molecule has 1 aromatic rings. The smallest absolute Gasteiger partial charge is 0.236 e. The van der Waals surface area contributed by atoms with E-state index in [2.05, 4.69) is 47.5 Å². The van der Waals surface area contributed by atoms with E-state index in [1.54, 1.807) is 0 Å². The van der Waals surface area contributed by atoms with E-state index in [0.29, 0.717) is 18.6 Å². The van der Waals surface area contributed by atoms with Crippen molar-refractivity contribution in [3.63, 3.8) is 0 Å². The molecule has 2 aliphatic heterocycles. The molecule has 0 aromatic heterocycles. The summed E-state index contributed by atoms with van der Waals surface area (Å²) >= 11 is 0. The lowest BCUT2D eigenvalue weighted by Crippen LogP contribution is -2.50. The summed E-state index contributed by atoms with van der Waals surface area (Å²) in [5.74, 6) is 0.191. The maximum Gasteiger partial charge on any atom is 0.236 e. The summed E-state index contributed by atoms with van der Waals surface area (Å²) in [6.07, 6.45) is 4.62. The largest absolute Gasteiger partial charge is 0.377 e. The molecule has 2 aliphatic rings. The highest BCUT2D eigenvalue weighted by Gasteiger charge is 2.29. The molecule has 3 rings (SSSR count). The van der Waals surface area contributed by atoms with Crippen molar-refractivity contribution in [2.24, 2.45) is 0 Å². The van der Waals surface area contributed by atoms with Crippen LogP contribution in [-0.4, -0.2) is 67.2 Å². The first-order chi connectivity index (χ1) is 12.6. The second-order valence-corrected chi connectivity index (χ2v) is 7.75. The molecule has 1 aromatic carbocycles. The van der Waals surface area contributed by atoms with Gasteiger partial charge in [-0.05, 0) is 38.2 Å². The number of amides is 1. The highest BCUT2D eigenvalue weighted by Crippen LogP contribution is 2.23. The Morgan fingerprint density at radius 2 is 2.12 bits per heavy atom. The molecule has 5 nitrogen and oxygen atoms in total. The third-order valence-corrected chi connectivity index (χ3v) is 5.83. The van der Waals surface area contributed by atoms with Crippen LogP contribution in [0, 0.1) is 0 Å². The fourth-order valence-corrected chi connectivity index (χ4v) is 4.07. The molecule has 0 unspecified atom stereocenters. The summed E-state index contributed by atoms with van der Waals surface area (Å²) in [4.78, 5) is 17.0. The van der Waals surface area contributed by atoms with Crippen LogP contribution in [0.1, 0.15) is 38.2 Å². The molecule has 5 heteroatoms. The number of ether oxygens (including phenoxy) is 1. The van der Waals surface area contributed by atoms with Crippen molar-refractivity contribution in [3.8, 4) is 0 Å². The van der Waals surface area contributed by atoms with Crippen LogP contribution in [0.2, 0.25) is 0 Å². The fourth-order valence-electron chi connectivity index (χ4n) is 4.07. The average molecular weight is 360 g/mol. The molecule has 3 atom stereocenters. The van der Waals surface area contributed by atoms with E-state index in [9.17, 15) is 4.79 Å². The van der Waals surface area contributed by atoms with Gasteiger partial charge in [0, 0.05) is 45.4 Å². The highest BCUT2D eigenvalue weighted by molar-refractivity contribution is 5.78. The van der Waals surface area contributed by atoms with E-state index in [-0.39, 0.29) is 12.0 Å². The van der Waals surface area contributed by atoms with E-state index >= 15 is 0 Å². The number of hydrogen-bond donors (Lipinski definition) is 1. The molecule has 2 fully saturated rings. The first-order valence-corrected chi connectivity index (χ1v) is 9.99. The number of nitrogens with zero attached hydrogens (tertiary/aromatic N) is 2. The monoisotopic (exact) mass is 359 g/mol. The zero-order valence-electron chi connectivity index (χ0n) is 16.2. The number of piperidine rings is 1. The molecule has 0 aliphatic carbocycles. The molecule has 1 amide bonds. The molecule has 26 heavy (non-hydrogen) atoms. The summed E-state index contributed by atoms with van der Waals surface area (Å²) in [5, 5.41) is 3.27. The van der Waals surface area contributed by atoms with Crippen molar-refractivity contribution >= 4 is 5.91 Å². The first kappa shape index (κ1) is 19.3. The van der Waals surface area contributed by atoms with E-state index in [1.165, 1.54) is 5.56 Å². The Hall–Kier alpha value is -1.43. The maximum atomic E-state index is 12.5. The first-order valence-electron chi connectivity index (χ1n) is 9.99. The number of likely N-dealkylation sites (N-methyl/N-ethyl adjacent to an activating group) is 1. The summed E-state index contributed by atoms with van der Waals surface area (Å²) in [7, 11) is 1.96. The van der Waals surface area contributed by atoms with Gasteiger partial charge in [-0.1, -0.05) is 30.3 Å². The Kier molecular flexibility index (Phi) is 7.06. The van der Waals surface area contributed by atoms with Crippen LogP contribution >= 0.6 is 0 Å². The Morgan fingerprint density at radius 3 is 2.81 bits per heavy atom. The van der Waals surface area contributed by atoms with Gasteiger partial charge in [-0.15, -0.1) is 0 Å². The van der Waals surface area contributed by atoms with Gasteiger partial charge < -0.3 is 15.0 Å². The van der Waals surface area contributed by atoms with Crippen molar-refractivity contribution < 1.29 is 9.53 Å². The maximum absolute atomic E-state index is 12.5. The van der Waals surface area contributed by atoms with Crippen LogP contribution in [0.5, 0.6) is 0 Å². The van der Waals surface area contributed by atoms with Gasteiger partial charge in [0.15, 0.2) is 0 Å². The minimum Gasteiger partial charge on any atom is -0.377 e. The predicted octanol–water partition coefficient (Wildman–Crippen LogP) is 2.27. The zero-order valence-corrected chi connectivity index (χ0v) is 16.2. The molecular formula is C21H33N3O2. The van der Waals surface area contributed by atoms with Gasteiger partial charge in [-0.2, -0.15) is 0 Å². The van der Waals surface area contributed by atoms with E-state index in [1.807, 2.05) is 11.9 Å². The summed E-state index contributed by atoms with van der Waals surface area (Å²) in [5.41, 5.74) is 1.36. The Bertz CT molecular complexity index is 560.